The summed E-state index contributed by atoms with van der Waals surface area (Å²) in [5, 5.41) is 0.974. The summed E-state index contributed by atoms with van der Waals surface area (Å²) in [5.74, 6) is 0.866. The maximum atomic E-state index is 13.5. The van der Waals surface area contributed by atoms with Crippen LogP contribution in [-0.4, -0.2) is 51.2 Å². The molecule has 7 nitrogen and oxygen atoms in total. The van der Waals surface area contributed by atoms with Crippen molar-refractivity contribution >= 4 is 22.8 Å². The molecule has 1 atom stereocenters. The van der Waals surface area contributed by atoms with Gasteiger partial charge in [-0.25, -0.2) is 9.97 Å². The largest absolute Gasteiger partial charge is 0.450 e. The first-order valence-corrected chi connectivity index (χ1v) is 11.9. The van der Waals surface area contributed by atoms with Crippen molar-refractivity contribution in [3.05, 3.63) is 58.4 Å². The monoisotopic (exact) mass is 446 g/mol. The van der Waals surface area contributed by atoms with Crippen LogP contribution in [0.3, 0.4) is 0 Å². The highest BCUT2D eigenvalue weighted by Crippen LogP contribution is 2.35. The van der Waals surface area contributed by atoms with Gasteiger partial charge in [0.05, 0.1) is 17.3 Å². The second kappa shape index (κ2) is 8.61. The summed E-state index contributed by atoms with van der Waals surface area (Å²) in [6, 6.07) is 5.74. The number of likely N-dealkylation sites (tertiary alicyclic amines) is 2. The van der Waals surface area contributed by atoms with E-state index in [1.165, 1.54) is 6.42 Å². The fourth-order valence-electron chi connectivity index (χ4n) is 5.12. The third-order valence-electron chi connectivity index (χ3n) is 7.04. The Labute approximate surface area is 193 Å². The lowest BCUT2D eigenvalue weighted by atomic mass is 10.1. The average Bonchev–Trinajstić information content (AvgIpc) is 3.45. The number of fused-ring (bicyclic) bond motifs is 1. The molecule has 0 spiro atoms. The molecule has 2 amide bonds. The van der Waals surface area contributed by atoms with Gasteiger partial charge in [0.2, 0.25) is 0 Å². The molecule has 3 aromatic rings. The van der Waals surface area contributed by atoms with Crippen LogP contribution in [0.15, 0.2) is 28.8 Å². The molecule has 4 heterocycles. The molecule has 0 radical (unpaired) electrons. The van der Waals surface area contributed by atoms with Gasteiger partial charge in [0.25, 0.3) is 11.8 Å². The van der Waals surface area contributed by atoms with E-state index in [1.807, 2.05) is 48.8 Å². The first kappa shape index (κ1) is 21.6. The molecule has 2 aliphatic rings. The van der Waals surface area contributed by atoms with Crippen LogP contribution in [0, 0.1) is 20.8 Å². The molecular formula is C26H30N4O3. The highest BCUT2D eigenvalue weighted by atomic mass is 16.3. The Morgan fingerprint density at radius 1 is 1.00 bits per heavy atom. The fraction of sp³-hybridized carbons (Fsp3) is 0.462. The quantitative estimate of drug-likeness (QED) is 0.580. The summed E-state index contributed by atoms with van der Waals surface area (Å²) in [6.07, 6.45) is 6.58. The molecular weight excluding hydrogens is 416 g/mol. The Morgan fingerprint density at radius 2 is 1.79 bits per heavy atom. The SMILES string of the molecule is Cc1nc([C@@H]2CCCN2C(=O)c2oc3c(C)cccc3c2C)ncc1C(=O)N1CCCCC1. The number of benzene rings is 1. The number of furan rings is 1. The molecule has 0 bridgehead atoms. The van der Waals surface area contributed by atoms with E-state index in [9.17, 15) is 9.59 Å². The minimum Gasteiger partial charge on any atom is -0.450 e. The Bertz CT molecular complexity index is 1230. The lowest BCUT2D eigenvalue weighted by Crippen LogP contribution is -2.36. The summed E-state index contributed by atoms with van der Waals surface area (Å²) in [5.41, 5.74) is 3.87. The predicted molar refractivity (Wildman–Crippen MR) is 125 cm³/mol. The summed E-state index contributed by atoms with van der Waals surface area (Å²) < 4.78 is 6.05. The van der Waals surface area contributed by atoms with Gasteiger partial charge in [-0.3, -0.25) is 9.59 Å². The maximum absolute atomic E-state index is 13.5. The van der Waals surface area contributed by atoms with Crippen molar-refractivity contribution in [2.24, 2.45) is 0 Å². The van der Waals surface area contributed by atoms with E-state index in [2.05, 4.69) is 4.98 Å². The lowest BCUT2D eigenvalue weighted by molar-refractivity contribution is 0.0693. The second-order valence-electron chi connectivity index (χ2n) is 9.24. The van der Waals surface area contributed by atoms with Gasteiger partial charge in [-0.05, 0) is 58.4 Å². The van der Waals surface area contributed by atoms with Crippen molar-refractivity contribution in [2.45, 2.75) is 58.9 Å². The zero-order valence-electron chi connectivity index (χ0n) is 19.6. The Morgan fingerprint density at radius 3 is 2.52 bits per heavy atom. The molecule has 2 aliphatic heterocycles. The Kier molecular flexibility index (Phi) is 5.64. The van der Waals surface area contributed by atoms with Crippen LogP contribution < -0.4 is 0 Å². The first-order chi connectivity index (χ1) is 16.0. The van der Waals surface area contributed by atoms with Gasteiger partial charge in [-0.2, -0.15) is 0 Å². The highest BCUT2D eigenvalue weighted by Gasteiger charge is 2.35. The van der Waals surface area contributed by atoms with Gasteiger partial charge in [0.15, 0.2) is 11.6 Å². The molecule has 0 aliphatic carbocycles. The van der Waals surface area contributed by atoms with Crippen LogP contribution in [0.1, 0.15) is 81.7 Å². The number of carbonyl (C=O) groups excluding carboxylic acids is 2. The third kappa shape index (κ3) is 3.79. The van der Waals surface area contributed by atoms with E-state index in [0.717, 1.165) is 60.9 Å². The number of aromatic nitrogens is 2. The van der Waals surface area contributed by atoms with Crippen LogP contribution in [0.4, 0.5) is 0 Å². The van der Waals surface area contributed by atoms with E-state index >= 15 is 0 Å². The topological polar surface area (TPSA) is 79.5 Å². The number of piperidine rings is 1. The maximum Gasteiger partial charge on any atom is 0.290 e. The molecule has 0 unspecified atom stereocenters. The van der Waals surface area contributed by atoms with Crippen molar-refractivity contribution in [1.29, 1.82) is 0 Å². The van der Waals surface area contributed by atoms with Gasteiger partial charge < -0.3 is 14.2 Å². The van der Waals surface area contributed by atoms with Crippen LogP contribution in [0.25, 0.3) is 11.0 Å². The number of aryl methyl sites for hydroxylation is 3. The Hall–Kier alpha value is -3.22. The van der Waals surface area contributed by atoms with Gasteiger partial charge in [0.1, 0.15) is 5.58 Å². The van der Waals surface area contributed by atoms with E-state index in [-0.39, 0.29) is 17.9 Å². The predicted octanol–water partition coefficient (Wildman–Crippen LogP) is 4.75. The third-order valence-corrected chi connectivity index (χ3v) is 7.04. The summed E-state index contributed by atoms with van der Waals surface area (Å²) in [4.78, 5) is 39.4. The number of nitrogens with zero attached hydrogens (tertiary/aromatic N) is 4. The summed E-state index contributed by atoms with van der Waals surface area (Å²) in [6.45, 7) is 8.00. The molecule has 2 aromatic heterocycles. The Balaban J connectivity index is 1.41. The van der Waals surface area contributed by atoms with E-state index < -0.39 is 0 Å². The molecule has 5 rings (SSSR count). The minimum absolute atomic E-state index is 0.00590. The van der Waals surface area contributed by atoms with Gasteiger partial charge in [0, 0.05) is 36.8 Å². The zero-order chi connectivity index (χ0) is 23.1. The number of para-hydroxylation sites is 1. The molecule has 2 saturated heterocycles. The minimum atomic E-state index is -0.218. The molecule has 172 valence electrons. The average molecular weight is 447 g/mol. The standard InChI is InChI=1S/C26H30N4O3/c1-16-9-7-10-19-17(2)23(33-22(16)19)26(32)30-14-8-11-21(30)24-27-15-20(18(3)28-24)25(31)29-12-5-4-6-13-29/h7,9-10,15,21H,4-6,8,11-14H2,1-3H3/t21-/m0/s1. The summed E-state index contributed by atoms with van der Waals surface area (Å²) in [7, 11) is 0. The number of rotatable bonds is 3. The second-order valence-corrected chi connectivity index (χ2v) is 9.24. The molecule has 1 aromatic carbocycles. The smallest absolute Gasteiger partial charge is 0.290 e. The van der Waals surface area contributed by atoms with Gasteiger partial charge >= 0.3 is 0 Å². The highest BCUT2D eigenvalue weighted by molar-refractivity contribution is 6.00. The van der Waals surface area contributed by atoms with Crippen molar-refractivity contribution in [2.75, 3.05) is 19.6 Å². The van der Waals surface area contributed by atoms with Crippen molar-refractivity contribution < 1.29 is 14.0 Å². The van der Waals surface area contributed by atoms with Crippen LogP contribution in [0.2, 0.25) is 0 Å². The molecule has 0 saturated carbocycles. The van der Waals surface area contributed by atoms with Gasteiger partial charge in [-0.1, -0.05) is 18.2 Å². The number of carbonyl (C=O) groups is 2. The lowest BCUT2D eigenvalue weighted by Gasteiger charge is -2.27. The van der Waals surface area contributed by atoms with Crippen molar-refractivity contribution in [1.82, 2.24) is 19.8 Å². The van der Waals surface area contributed by atoms with Crippen LogP contribution in [0.5, 0.6) is 0 Å². The number of hydrogen-bond acceptors (Lipinski definition) is 5. The van der Waals surface area contributed by atoms with Crippen molar-refractivity contribution in [3.63, 3.8) is 0 Å². The normalized spacial score (nSPS) is 18.8. The summed E-state index contributed by atoms with van der Waals surface area (Å²) >= 11 is 0. The molecule has 33 heavy (non-hydrogen) atoms. The van der Waals surface area contributed by atoms with Crippen molar-refractivity contribution in [3.8, 4) is 0 Å². The fourth-order valence-corrected chi connectivity index (χ4v) is 5.12. The zero-order valence-corrected chi connectivity index (χ0v) is 19.6. The number of hydrogen-bond donors (Lipinski definition) is 0. The van der Waals surface area contributed by atoms with Crippen LogP contribution >= 0.6 is 0 Å². The molecule has 0 N–H and O–H groups in total. The van der Waals surface area contributed by atoms with E-state index in [4.69, 9.17) is 9.40 Å². The van der Waals surface area contributed by atoms with Gasteiger partial charge in [-0.15, -0.1) is 0 Å². The van der Waals surface area contributed by atoms with E-state index in [1.54, 1.807) is 6.20 Å². The first-order valence-electron chi connectivity index (χ1n) is 11.9. The molecule has 2 fully saturated rings. The van der Waals surface area contributed by atoms with Crippen LogP contribution in [-0.2, 0) is 0 Å². The number of amides is 2. The molecule has 7 heteroatoms. The van der Waals surface area contributed by atoms with E-state index in [0.29, 0.717) is 29.4 Å².